The SMILES string of the molecule is NNC(c1ccc(OC2CC2)cc1)c1ccco1. The third kappa shape index (κ3) is 2.39. The number of hydrazine groups is 1. The van der Waals surface area contributed by atoms with Crippen LogP contribution in [0.5, 0.6) is 5.75 Å². The molecule has 1 aliphatic rings. The first kappa shape index (κ1) is 11.3. The van der Waals surface area contributed by atoms with Crippen LogP contribution in [0.3, 0.4) is 0 Å². The molecule has 18 heavy (non-hydrogen) atoms. The lowest BCUT2D eigenvalue weighted by molar-refractivity contribution is 0.303. The van der Waals surface area contributed by atoms with E-state index in [-0.39, 0.29) is 6.04 Å². The fourth-order valence-electron chi connectivity index (χ4n) is 1.92. The predicted octanol–water partition coefficient (Wildman–Crippen LogP) is 2.37. The molecule has 94 valence electrons. The number of nitrogens with one attached hydrogen (secondary N) is 1. The summed E-state index contributed by atoms with van der Waals surface area (Å²) in [7, 11) is 0. The summed E-state index contributed by atoms with van der Waals surface area (Å²) >= 11 is 0. The minimum absolute atomic E-state index is 0.130. The molecule has 0 spiro atoms. The van der Waals surface area contributed by atoms with Crippen LogP contribution in [-0.2, 0) is 0 Å². The van der Waals surface area contributed by atoms with Crippen LogP contribution in [0, 0.1) is 0 Å². The van der Waals surface area contributed by atoms with Gasteiger partial charge in [-0.1, -0.05) is 12.1 Å². The summed E-state index contributed by atoms with van der Waals surface area (Å²) in [6.45, 7) is 0. The zero-order valence-corrected chi connectivity index (χ0v) is 10.0. The maximum atomic E-state index is 5.71. The fraction of sp³-hybridized carbons (Fsp3) is 0.286. The molecule has 3 N–H and O–H groups in total. The maximum Gasteiger partial charge on any atom is 0.126 e. The number of hydrogen-bond acceptors (Lipinski definition) is 4. The van der Waals surface area contributed by atoms with E-state index >= 15 is 0 Å². The van der Waals surface area contributed by atoms with Crippen LogP contribution in [0.2, 0.25) is 0 Å². The van der Waals surface area contributed by atoms with Crippen molar-refractivity contribution < 1.29 is 9.15 Å². The standard InChI is InChI=1S/C14H16N2O2/c15-16-14(13-2-1-9-17-13)10-3-5-11(6-4-10)18-12-7-8-12/h1-6,9,12,14,16H,7-8,15H2. The van der Waals surface area contributed by atoms with Gasteiger partial charge in [0.2, 0.25) is 0 Å². The van der Waals surface area contributed by atoms with E-state index in [1.54, 1.807) is 6.26 Å². The molecule has 0 radical (unpaired) electrons. The summed E-state index contributed by atoms with van der Waals surface area (Å²) in [5.41, 5.74) is 3.81. The molecule has 4 nitrogen and oxygen atoms in total. The third-order valence-electron chi connectivity index (χ3n) is 3.03. The van der Waals surface area contributed by atoms with Crippen molar-refractivity contribution in [2.75, 3.05) is 0 Å². The number of rotatable bonds is 5. The quantitative estimate of drug-likeness (QED) is 0.626. The molecule has 0 saturated heterocycles. The van der Waals surface area contributed by atoms with Gasteiger partial charge in [0, 0.05) is 0 Å². The van der Waals surface area contributed by atoms with Crippen LogP contribution in [0.1, 0.15) is 30.2 Å². The molecule has 1 atom stereocenters. The van der Waals surface area contributed by atoms with Crippen LogP contribution in [0.4, 0.5) is 0 Å². The van der Waals surface area contributed by atoms with Gasteiger partial charge >= 0.3 is 0 Å². The summed E-state index contributed by atoms with van der Waals surface area (Å²) in [5, 5.41) is 0. The molecule has 0 amide bonds. The molecule has 1 heterocycles. The Labute approximate surface area is 106 Å². The van der Waals surface area contributed by atoms with E-state index in [0.717, 1.165) is 17.1 Å². The maximum absolute atomic E-state index is 5.71. The van der Waals surface area contributed by atoms with Gasteiger partial charge in [-0.3, -0.25) is 5.84 Å². The second-order valence-electron chi connectivity index (χ2n) is 4.50. The van der Waals surface area contributed by atoms with Crippen molar-refractivity contribution in [2.45, 2.75) is 25.0 Å². The van der Waals surface area contributed by atoms with Crippen molar-refractivity contribution in [3.05, 3.63) is 54.0 Å². The Hall–Kier alpha value is -1.78. The second kappa shape index (κ2) is 4.84. The van der Waals surface area contributed by atoms with E-state index in [0.29, 0.717) is 6.10 Å². The van der Waals surface area contributed by atoms with Gasteiger partial charge in [0.1, 0.15) is 17.6 Å². The topological polar surface area (TPSA) is 60.4 Å². The first-order chi connectivity index (χ1) is 8.86. The third-order valence-corrected chi connectivity index (χ3v) is 3.03. The molecule has 0 aliphatic heterocycles. The number of nitrogens with two attached hydrogens (primary N) is 1. The van der Waals surface area contributed by atoms with Crippen molar-refractivity contribution in [3.63, 3.8) is 0 Å². The summed E-state index contributed by atoms with van der Waals surface area (Å²) in [6.07, 6.45) is 4.40. The van der Waals surface area contributed by atoms with Gasteiger partial charge < -0.3 is 9.15 Å². The zero-order chi connectivity index (χ0) is 12.4. The predicted molar refractivity (Wildman–Crippen MR) is 68.0 cm³/mol. The Balaban J connectivity index is 1.77. The van der Waals surface area contributed by atoms with Crippen molar-refractivity contribution >= 4 is 0 Å². The molecule has 3 rings (SSSR count). The summed E-state index contributed by atoms with van der Waals surface area (Å²) in [4.78, 5) is 0. The first-order valence-electron chi connectivity index (χ1n) is 6.13. The van der Waals surface area contributed by atoms with Crippen LogP contribution >= 0.6 is 0 Å². The molecule has 1 aromatic heterocycles. The molecule has 4 heteroatoms. The average Bonchev–Trinajstić information content (AvgIpc) is 3.05. The smallest absolute Gasteiger partial charge is 0.126 e. The van der Waals surface area contributed by atoms with E-state index in [1.165, 1.54) is 12.8 Å². The number of benzene rings is 1. The zero-order valence-electron chi connectivity index (χ0n) is 10.0. The van der Waals surface area contributed by atoms with Gasteiger partial charge in [0.15, 0.2) is 0 Å². The largest absolute Gasteiger partial charge is 0.490 e. The molecular formula is C14H16N2O2. The van der Waals surface area contributed by atoms with E-state index in [9.17, 15) is 0 Å². The van der Waals surface area contributed by atoms with Crippen LogP contribution in [-0.4, -0.2) is 6.10 Å². The molecule has 1 aliphatic carbocycles. The van der Waals surface area contributed by atoms with E-state index in [1.807, 2.05) is 36.4 Å². The normalized spacial score (nSPS) is 16.5. The highest BCUT2D eigenvalue weighted by atomic mass is 16.5. The Kier molecular flexibility index (Phi) is 3.04. The lowest BCUT2D eigenvalue weighted by atomic mass is 10.1. The second-order valence-corrected chi connectivity index (χ2v) is 4.50. The molecule has 1 saturated carbocycles. The Morgan fingerprint density at radius 1 is 1.22 bits per heavy atom. The van der Waals surface area contributed by atoms with Crippen molar-refractivity contribution in [2.24, 2.45) is 5.84 Å². The van der Waals surface area contributed by atoms with Crippen molar-refractivity contribution in [3.8, 4) is 5.75 Å². The van der Waals surface area contributed by atoms with E-state index in [4.69, 9.17) is 15.0 Å². The highest BCUT2D eigenvalue weighted by molar-refractivity contribution is 5.32. The van der Waals surface area contributed by atoms with Gasteiger partial charge in [-0.05, 0) is 42.7 Å². The van der Waals surface area contributed by atoms with Crippen LogP contribution in [0.25, 0.3) is 0 Å². The van der Waals surface area contributed by atoms with Gasteiger partial charge in [0.05, 0.1) is 12.4 Å². The molecule has 1 aromatic carbocycles. The van der Waals surface area contributed by atoms with Crippen LogP contribution in [0.15, 0.2) is 47.1 Å². The Morgan fingerprint density at radius 3 is 2.56 bits per heavy atom. The lowest BCUT2D eigenvalue weighted by Gasteiger charge is -2.14. The molecular weight excluding hydrogens is 228 g/mol. The summed E-state index contributed by atoms with van der Waals surface area (Å²) in [6, 6.07) is 11.6. The van der Waals surface area contributed by atoms with E-state index < -0.39 is 0 Å². The Morgan fingerprint density at radius 2 is 2.00 bits per heavy atom. The summed E-state index contributed by atoms with van der Waals surface area (Å²) in [5.74, 6) is 7.30. The first-order valence-corrected chi connectivity index (χ1v) is 6.13. The number of furan rings is 1. The molecule has 0 bridgehead atoms. The fourth-order valence-corrected chi connectivity index (χ4v) is 1.92. The van der Waals surface area contributed by atoms with Gasteiger partial charge in [-0.2, -0.15) is 0 Å². The van der Waals surface area contributed by atoms with E-state index in [2.05, 4.69) is 5.43 Å². The minimum Gasteiger partial charge on any atom is -0.490 e. The summed E-state index contributed by atoms with van der Waals surface area (Å²) < 4.78 is 11.1. The average molecular weight is 244 g/mol. The highest BCUT2D eigenvalue weighted by Crippen LogP contribution is 2.28. The van der Waals surface area contributed by atoms with Gasteiger partial charge in [0.25, 0.3) is 0 Å². The van der Waals surface area contributed by atoms with Gasteiger partial charge in [-0.25, -0.2) is 5.43 Å². The highest BCUT2D eigenvalue weighted by Gasteiger charge is 2.23. The van der Waals surface area contributed by atoms with Crippen LogP contribution < -0.4 is 16.0 Å². The molecule has 2 aromatic rings. The number of ether oxygens (including phenoxy) is 1. The monoisotopic (exact) mass is 244 g/mol. The lowest BCUT2D eigenvalue weighted by Crippen LogP contribution is -2.28. The van der Waals surface area contributed by atoms with Crippen molar-refractivity contribution in [1.29, 1.82) is 0 Å². The molecule has 1 unspecified atom stereocenters. The minimum atomic E-state index is -0.130. The number of hydrogen-bond donors (Lipinski definition) is 2. The van der Waals surface area contributed by atoms with Crippen molar-refractivity contribution in [1.82, 2.24) is 5.43 Å². The molecule has 1 fully saturated rings. The Bertz CT molecular complexity index is 489. The van der Waals surface area contributed by atoms with Gasteiger partial charge in [-0.15, -0.1) is 0 Å².